The van der Waals surface area contributed by atoms with E-state index in [-0.39, 0.29) is 18.1 Å². The number of carbonyl (C=O) groups excluding carboxylic acids is 2. The van der Waals surface area contributed by atoms with Crippen LogP contribution in [0.25, 0.3) is 0 Å². The summed E-state index contributed by atoms with van der Waals surface area (Å²) in [7, 11) is 0. The van der Waals surface area contributed by atoms with Crippen LogP contribution in [0, 0.1) is 5.92 Å². The molecule has 0 spiro atoms. The first kappa shape index (κ1) is 19.3. The Morgan fingerprint density at radius 3 is 2.32 bits per heavy atom. The molecule has 1 aromatic rings. The minimum absolute atomic E-state index is 0.0729. The number of nitrogens with one attached hydrogen (secondary N) is 1. The van der Waals surface area contributed by atoms with E-state index in [2.05, 4.69) is 12.2 Å². The van der Waals surface area contributed by atoms with Crippen molar-refractivity contribution < 1.29 is 19.1 Å². The van der Waals surface area contributed by atoms with Crippen LogP contribution in [0.15, 0.2) is 24.3 Å². The zero-order valence-electron chi connectivity index (χ0n) is 15.6. The summed E-state index contributed by atoms with van der Waals surface area (Å²) in [5, 5.41) is 3.02. The maximum absolute atomic E-state index is 12.3. The highest BCUT2D eigenvalue weighted by molar-refractivity contribution is 5.92. The molecule has 1 saturated carbocycles. The molecular formula is C20H29NO4. The molecule has 138 valence electrons. The van der Waals surface area contributed by atoms with Crippen LogP contribution in [-0.4, -0.2) is 30.1 Å². The molecule has 1 N–H and O–H groups in total. The van der Waals surface area contributed by atoms with Gasteiger partial charge in [0.05, 0.1) is 11.7 Å². The van der Waals surface area contributed by atoms with Crippen molar-refractivity contribution in [2.75, 3.05) is 0 Å². The standard InChI is InChI=1S/C20H29NO4/c1-13(2)24-17-11-9-16(10-12-17)20(23)25-15(4)19(22)21-18-8-6-5-7-14(18)3/h9-15,18H,5-8H2,1-4H3,(H,21,22)/t14-,15+,18-/m0/s1. The first-order valence-electron chi connectivity index (χ1n) is 9.15. The second kappa shape index (κ2) is 8.88. The van der Waals surface area contributed by atoms with Crippen LogP contribution in [0.3, 0.4) is 0 Å². The van der Waals surface area contributed by atoms with Gasteiger partial charge in [-0.2, -0.15) is 0 Å². The number of benzene rings is 1. The number of esters is 1. The van der Waals surface area contributed by atoms with Crippen molar-refractivity contribution in [1.82, 2.24) is 5.32 Å². The molecule has 5 nitrogen and oxygen atoms in total. The second-order valence-corrected chi connectivity index (χ2v) is 7.12. The molecule has 1 amide bonds. The van der Waals surface area contributed by atoms with Crippen LogP contribution in [0.1, 0.15) is 63.7 Å². The highest BCUT2D eigenvalue weighted by Gasteiger charge is 2.26. The lowest BCUT2D eigenvalue weighted by Gasteiger charge is -2.30. The summed E-state index contributed by atoms with van der Waals surface area (Å²) in [6.07, 6.45) is 3.73. The summed E-state index contributed by atoms with van der Waals surface area (Å²) in [6, 6.07) is 6.92. The number of hydrogen-bond acceptors (Lipinski definition) is 4. The minimum atomic E-state index is -0.812. The van der Waals surface area contributed by atoms with Gasteiger partial charge in [-0.3, -0.25) is 4.79 Å². The third-order valence-electron chi connectivity index (χ3n) is 4.55. The van der Waals surface area contributed by atoms with Gasteiger partial charge in [0.1, 0.15) is 5.75 Å². The fourth-order valence-electron chi connectivity index (χ4n) is 3.05. The highest BCUT2D eigenvalue weighted by Crippen LogP contribution is 2.24. The Kier molecular flexibility index (Phi) is 6.85. The number of amides is 1. The molecule has 1 fully saturated rings. The van der Waals surface area contributed by atoms with E-state index in [1.807, 2.05) is 13.8 Å². The van der Waals surface area contributed by atoms with Crippen LogP contribution in [-0.2, 0) is 9.53 Å². The Morgan fingerprint density at radius 1 is 1.08 bits per heavy atom. The summed E-state index contributed by atoms with van der Waals surface area (Å²) >= 11 is 0. The van der Waals surface area contributed by atoms with E-state index in [0.29, 0.717) is 17.2 Å². The van der Waals surface area contributed by atoms with Crippen molar-refractivity contribution in [3.63, 3.8) is 0 Å². The Hall–Kier alpha value is -2.04. The van der Waals surface area contributed by atoms with E-state index in [1.165, 1.54) is 6.42 Å². The van der Waals surface area contributed by atoms with Gasteiger partial charge in [-0.05, 0) is 63.8 Å². The van der Waals surface area contributed by atoms with Gasteiger partial charge >= 0.3 is 5.97 Å². The van der Waals surface area contributed by atoms with Crippen molar-refractivity contribution in [1.29, 1.82) is 0 Å². The average Bonchev–Trinajstić information content (AvgIpc) is 2.56. The van der Waals surface area contributed by atoms with Gasteiger partial charge < -0.3 is 14.8 Å². The van der Waals surface area contributed by atoms with Crippen LogP contribution >= 0.6 is 0 Å². The first-order valence-corrected chi connectivity index (χ1v) is 9.15. The second-order valence-electron chi connectivity index (χ2n) is 7.12. The van der Waals surface area contributed by atoms with E-state index < -0.39 is 12.1 Å². The maximum Gasteiger partial charge on any atom is 0.338 e. The zero-order chi connectivity index (χ0) is 18.4. The predicted molar refractivity (Wildman–Crippen MR) is 96.6 cm³/mol. The summed E-state index contributed by atoms with van der Waals surface area (Å²) < 4.78 is 10.9. The molecule has 25 heavy (non-hydrogen) atoms. The van der Waals surface area contributed by atoms with Crippen LogP contribution in [0.5, 0.6) is 5.75 Å². The smallest absolute Gasteiger partial charge is 0.338 e. The maximum atomic E-state index is 12.3. The molecule has 0 heterocycles. The Bertz CT molecular complexity index is 582. The first-order chi connectivity index (χ1) is 11.9. The molecule has 5 heteroatoms. The Balaban J connectivity index is 1.87. The van der Waals surface area contributed by atoms with Gasteiger partial charge in [0.2, 0.25) is 0 Å². The Labute approximate surface area is 150 Å². The fraction of sp³-hybridized carbons (Fsp3) is 0.600. The molecule has 1 aliphatic carbocycles. The topological polar surface area (TPSA) is 64.6 Å². The summed E-state index contributed by atoms with van der Waals surface area (Å²) in [4.78, 5) is 24.5. The van der Waals surface area contributed by atoms with Crippen LogP contribution in [0.2, 0.25) is 0 Å². The lowest BCUT2D eigenvalue weighted by atomic mass is 9.86. The molecular weight excluding hydrogens is 318 g/mol. The van der Waals surface area contributed by atoms with Gasteiger partial charge in [-0.15, -0.1) is 0 Å². The van der Waals surface area contributed by atoms with Crippen molar-refractivity contribution in [2.45, 2.75) is 71.6 Å². The molecule has 0 radical (unpaired) electrons. The van der Waals surface area contributed by atoms with Gasteiger partial charge in [-0.25, -0.2) is 4.79 Å². The van der Waals surface area contributed by atoms with Gasteiger partial charge in [0.25, 0.3) is 5.91 Å². The van der Waals surface area contributed by atoms with Gasteiger partial charge in [0.15, 0.2) is 6.10 Å². The van der Waals surface area contributed by atoms with E-state index in [4.69, 9.17) is 9.47 Å². The van der Waals surface area contributed by atoms with Crippen molar-refractivity contribution in [3.05, 3.63) is 29.8 Å². The van der Waals surface area contributed by atoms with Crippen LogP contribution < -0.4 is 10.1 Å². The number of hydrogen-bond donors (Lipinski definition) is 1. The summed E-state index contributed by atoms with van der Waals surface area (Å²) in [5.74, 6) is 0.431. The van der Waals surface area contributed by atoms with E-state index >= 15 is 0 Å². The number of rotatable bonds is 6. The van der Waals surface area contributed by atoms with Gasteiger partial charge in [0, 0.05) is 6.04 Å². The molecule has 0 saturated heterocycles. The van der Waals surface area contributed by atoms with Crippen molar-refractivity contribution >= 4 is 11.9 Å². The largest absolute Gasteiger partial charge is 0.491 e. The molecule has 0 unspecified atom stereocenters. The normalized spacial score (nSPS) is 21.5. The number of carbonyl (C=O) groups is 2. The quantitative estimate of drug-likeness (QED) is 0.797. The van der Waals surface area contributed by atoms with E-state index in [9.17, 15) is 9.59 Å². The average molecular weight is 347 g/mol. The number of ether oxygens (including phenoxy) is 2. The Morgan fingerprint density at radius 2 is 1.72 bits per heavy atom. The summed E-state index contributed by atoms with van der Waals surface area (Å²) in [6.45, 7) is 7.64. The summed E-state index contributed by atoms with van der Waals surface area (Å²) in [5.41, 5.74) is 0.404. The lowest BCUT2D eigenvalue weighted by molar-refractivity contribution is -0.130. The molecule has 0 aromatic heterocycles. The molecule has 0 bridgehead atoms. The van der Waals surface area contributed by atoms with E-state index in [1.54, 1.807) is 31.2 Å². The third-order valence-corrected chi connectivity index (χ3v) is 4.55. The predicted octanol–water partition coefficient (Wildman–Crippen LogP) is 3.71. The molecule has 2 rings (SSSR count). The van der Waals surface area contributed by atoms with Crippen molar-refractivity contribution in [2.24, 2.45) is 5.92 Å². The zero-order valence-corrected chi connectivity index (χ0v) is 15.6. The molecule has 3 atom stereocenters. The third kappa shape index (κ3) is 5.76. The lowest BCUT2D eigenvalue weighted by Crippen LogP contribution is -2.45. The van der Waals surface area contributed by atoms with E-state index in [0.717, 1.165) is 19.3 Å². The minimum Gasteiger partial charge on any atom is -0.491 e. The monoisotopic (exact) mass is 347 g/mol. The van der Waals surface area contributed by atoms with Crippen LogP contribution in [0.4, 0.5) is 0 Å². The van der Waals surface area contributed by atoms with Crippen molar-refractivity contribution in [3.8, 4) is 5.75 Å². The van der Waals surface area contributed by atoms with Gasteiger partial charge in [-0.1, -0.05) is 19.8 Å². The molecule has 1 aliphatic rings. The fourth-order valence-corrected chi connectivity index (χ4v) is 3.05. The molecule has 0 aliphatic heterocycles. The molecule has 1 aromatic carbocycles. The highest BCUT2D eigenvalue weighted by atomic mass is 16.5. The SMILES string of the molecule is CC(C)Oc1ccc(C(=O)O[C@H](C)C(=O)N[C@H]2CCCC[C@@H]2C)cc1.